The summed E-state index contributed by atoms with van der Waals surface area (Å²) in [4.78, 5) is 47.0. The molecule has 1 aromatic heterocycles. The Hall–Kier alpha value is -5.75. The predicted octanol–water partition coefficient (Wildman–Crippen LogP) is 3.40. The van der Waals surface area contributed by atoms with Gasteiger partial charge in [-0.1, -0.05) is 0 Å². The van der Waals surface area contributed by atoms with Crippen LogP contribution >= 0.6 is 0 Å². The number of aromatic amines is 1. The topological polar surface area (TPSA) is 181 Å². The summed E-state index contributed by atoms with van der Waals surface area (Å²) in [6.45, 7) is 1.48. The van der Waals surface area contributed by atoms with Crippen molar-refractivity contribution in [3.8, 4) is 11.5 Å². The third-order valence-electron chi connectivity index (χ3n) is 7.77. The number of nitrogens with one attached hydrogen (secondary N) is 2. The molecule has 0 unspecified atom stereocenters. The van der Waals surface area contributed by atoms with Crippen LogP contribution in [-0.4, -0.2) is 83.4 Å². The highest BCUT2D eigenvalue weighted by molar-refractivity contribution is 5.96. The standard InChI is InChI=1S/C28H27F3N8O8/c29-28(30,31)22-8-19(39(43)44)10-24-26(22)46-5-2-36(24)14-20-12-33-16-37(20)3-6-47-27(40)21-7-18(38(41)42)9-23-25(21)45-4-1-35(23)13-17-11-32-15-34-17/h7-12,15,33H,1-6,13-14,16H2,(H,32,34). The van der Waals surface area contributed by atoms with Crippen LogP contribution in [0.5, 0.6) is 11.5 Å². The molecule has 0 aliphatic carbocycles. The molecule has 2 aromatic carbocycles. The molecule has 0 fully saturated rings. The lowest BCUT2D eigenvalue weighted by molar-refractivity contribution is -0.385. The number of esters is 1. The lowest BCUT2D eigenvalue weighted by Gasteiger charge is -2.34. The number of carbonyl (C=O) groups is 1. The molecular weight excluding hydrogens is 633 g/mol. The van der Waals surface area contributed by atoms with Gasteiger partial charge in [-0.05, 0) is 0 Å². The molecule has 0 bridgehead atoms. The fourth-order valence-electron chi connectivity index (χ4n) is 5.56. The molecule has 0 atom stereocenters. The molecule has 19 heteroatoms. The Morgan fingerprint density at radius 2 is 1.62 bits per heavy atom. The third-order valence-corrected chi connectivity index (χ3v) is 7.77. The van der Waals surface area contributed by atoms with Gasteiger partial charge in [-0.2, -0.15) is 13.2 Å². The second kappa shape index (κ2) is 12.6. The molecule has 3 aliphatic heterocycles. The van der Waals surface area contributed by atoms with Gasteiger partial charge < -0.3 is 39.2 Å². The Labute approximate surface area is 263 Å². The van der Waals surface area contributed by atoms with Crippen LogP contribution in [0.4, 0.5) is 35.9 Å². The predicted molar refractivity (Wildman–Crippen MR) is 157 cm³/mol. The molecule has 0 radical (unpaired) electrons. The van der Waals surface area contributed by atoms with Crippen LogP contribution in [0.2, 0.25) is 0 Å². The smallest absolute Gasteiger partial charge is 0.420 e. The van der Waals surface area contributed by atoms with Crippen molar-refractivity contribution in [2.75, 3.05) is 62.5 Å². The van der Waals surface area contributed by atoms with Crippen molar-refractivity contribution in [3.05, 3.63) is 85.7 Å². The number of non-ortho nitro benzene ring substituents is 2. The van der Waals surface area contributed by atoms with Gasteiger partial charge in [-0.15, -0.1) is 0 Å². The van der Waals surface area contributed by atoms with Crippen LogP contribution in [-0.2, 0) is 17.5 Å². The number of hydrogen-bond acceptors (Lipinski definition) is 13. The number of nitro benzene ring substituents is 2. The summed E-state index contributed by atoms with van der Waals surface area (Å²) in [6.07, 6.45) is -0.0826. The van der Waals surface area contributed by atoms with Gasteiger partial charge in [0, 0.05) is 36.7 Å². The highest BCUT2D eigenvalue weighted by Crippen LogP contribution is 2.46. The fraction of sp³-hybridized carbons (Fsp3) is 0.357. The van der Waals surface area contributed by atoms with Crippen molar-refractivity contribution in [2.24, 2.45) is 0 Å². The summed E-state index contributed by atoms with van der Waals surface area (Å²) in [5.74, 6) is -1.15. The number of rotatable bonds is 10. The first-order valence-corrected chi connectivity index (χ1v) is 14.3. The molecule has 2 N–H and O–H groups in total. The first-order chi connectivity index (χ1) is 22.5. The number of anilines is 2. The summed E-state index contributed by atoms with van der Waals surface area (Å²) < 4.78 is 57.9. The maximum absolute atomic E-state index is 13.8. The summed E-state index contributed by atoms with van der Waals surface area (Å²) in [5.41, 5.74) is -0.684. The first-order valence-electron chi connectivity index (χ1n) is 14.3. The molecule has 4 heterocycles. The Morgan fingerprint density at radius 1 is 0.957 bits per heavy atom. The van der Waals surface area contributed by atoms with Gasteiger partial charge in [0.25, 0.3) is 11.4 Å². The molecule has 16 nitrogen and oxygen atoms in total. The molecule has 47 heavy (non-hydrogen) atoms. The van der Waals surface area contributed by atoms with Gasteiger partial charge in [0.2, 0.25) is 0 Å². The van der Waals surface area contributed by atoms with Crippen molar-refractivity contribution in [3.63, 3.8) is 0 Å². The average molecular weight is 661 g/mol. The van der Waals surface area contributed by atoms with Crippen LogP contribution in [0.25, 0.3) is 0 Å². The van der Waals surface area contributed by atoms with E-state index < -0.39 is 39.0 Å². The maximum atomic E-state index is 13.8. The Kier molecular flexibility index (Phi) is 8.35. The second-order valence-electron chi connectivity index (χ2n) is 10.7. The van der Waals surface area contributed by atoms with Gasteiger partial charge in [0.05, 0.1) is 78.3 Å². The highest BCUT2D eigenvalue weighted by Gasteiger charge is 2.40. The van der Waals surface area contributed by atoms with Crippen LogP contribution in [0.15, 0.2) is 48.7 Å². The van der Waals surface area contributed by atoms with Gasteiger partial charge >= 0.3 is 12.1 Å². The lowest BCUT2D eigenvalue weighted by Crippen LogP contribution is -2.39. The number of H-pyrrole nitrogens is 1. The first kappa shape index (κ1) is 31.2. The number of aromatic nitrogens is 2. The highest BCUT2D eigenvalue weighted by atomic mass is 19.4. The monoisotopic (exact) mass is 660 g/mol. The number of alkyl halides is 3. The van der Waals surface area contributed by atoms with Crippen molar-refractivity contribution >= 4 is 28.7 Å². The van der Waals surface area contributed by atoms with E-state index in [-0.39, 0.29) is 62.1 Å². The minimum Gasteiger partial charge on any atom is -0.489 e. The largest absolute Gasteiger partial charge is 0.489 e. The zero-order chi connectivity index (χ0) is 33.3. The van der Waals surface area contributed by atoms with E-state index in [0.29, 0.717) is 37.2 Å². The van der Waals surface area contributed by atoms with Gasteiger partial charge in [-0.25, -0.2) is 9.78 Å². The Bertz CT molecular complexity index is 1730. The van der Waals surface area contributed by atoms with Crippen molar-refractivity contribution in [2.45, 2.75) is 12.7 Å². The van der Waals surface area contributed by atoms with E-state index in [9.17, 15) is 38.2 Å². The summed E-state index contributed by atoms with van der Waals surface area (Å²) in [7, 11) is 0. The zero-order valence-electron chi connectivity index (χ0n) is 24.5. The van der Waals surface area contributed by atoms with Crippen LogP contribution < -0.4 is 24.6 Å². The van der Waals surface area contributed by atoms with E-state index in [1.54, 1.807) is 22.2 Å². The third kappa shape index (κ3) is 6.49. The summed E-state index contributed by atoms with van der Waals surface area (Å²) in [5, 5.41) is 26.2. The van der Waals surface area contributed by atoms with E-state index in [2.05, 4.69) is 15.3 Å². The van der Waals surface area contributed by atoms with Crippen molar-refractivity contribution in [1.82, 2.24) is 20.2 Å². The number of nitro groups is 2. The molecule has 0 amide bonds. The number of ether oxygens (including phenoxy) is 3. The van der Waals surface area contributed by atoms with Gasteiger partial charge in [-0.3, -0.25) is 20.2 Å². The molecule has 248 valence electrons. The van der Waals surface area contributed by atoms with Gasteiger partial charge in [0.1, 0.15) is 30.9 Å². The second-order valence-corrected chi connectivity index (χ2v) is 10.7. The molecule has 3 aliphatic rings. The summed E-state index contributed by atoms with van der Waals surface area (Å²) >= 11 is 0. The quantitative estimate of drug-likeness (QED) is 0.184. The maximum Gasteiger partial charge on any atom is 0.420 e. The lowest BCUT2D eigenvalue weighted by atomic mass is 10.1. The number of imidazole rings is 1. The number of hydrogen-bond donors (Lipinski definition) is 2. The Balaban J connectivity index is 1.15. The molecule has 0 saturated heterocycles. The van der Waals surface area contributed by atoms with E-state index in [1.807, 2.05) is 4.90 Å². The number of halogens is 3. The van der Waals surface area contributed by atoms with Crippen LogP contribution in [0.1, 0.15) is 21.6 Å². The van der Waals surface area contributed by atoms with E-state index in [1.165, 1.54) is 12.4 Å². The molecule has 0 saturated carbocycles. The number of nitrogens with zero attached hydrogens (tertiary/aromatic N) is 6. The van der Waals surface area contributed by atoms with Crippen molar-refractivity contribution < 1.29 is 42.0 Å². The summed E-state index contributed by atoms with van der Waals surface area (Å²) in [6, 6.07) is 3.95. The Morgan fingerprint density at radius 3 is 2.28 bits per heavy atom. The minimum atomic E-state index is -4.87. The molecular formula is C28H27F3N8O8. The van der Waals surface area contributed by atoms with E-state index in [0.717, 1.165) is 17.8 Å². The molecule has 3 aromatic rings. The SMILES string of the molecule is O=C(OCCN1CNC=C1CN1CCOc2c1cc([N+](=O)[O-])cc2C(F)(F)F)c1cc([N+](=O)[O-])cc2c1OCCN2Cc1cnc[nH]1. The van der Waals surface area contributed by atoms with Crippen molar-refractivity contribution in [1.29, 1.82) is 0 Å². The molecule has 6 rings (SSSR count). The van der Waals surface area contributed by atoms with E-state index in [4.69, 9.17) is 14.2 Å². The number of carbonyl (C=O) groups excluding carboxylic acids is 1. The van der Waals surface area contributed by atoms with E-state index >= 15 is 0 Å². The fourth-order valence-corrected chi connectivity index (χ4v) is 5.56. The van der Waals surface area contributed by atoms with Crippen LogP contribution in [0, 0.1) is 20.2 Å². The zero-order valence-corrected chi connectivity index (χ0v) is 24.5. The van der Waals surface area contributed by atoms with Gasteiger partial charge in [0.15, 0.2) is 11.5 Å². The average Bonchev–Trinajstić information content (AvgIpc) is 3.72. The number of fused-ring (bicyclic) bond motifs is 2. The normalized spacial score (nSPS) is 15.6. The molecule has 0 spiro atoms. The van der Waals surface area contributed by atoms with Crippen LogP contribution in [0.3, 0.4) is 0 Å². The number of benzene rings is 2. The minimum absolute atomic E-state index is 0.0611.